The summed E-state index contributed by atoms with van der Waals surface area (Å²) in [5.41, 5.74) is 0.0688. The maximum Gasteiger partial charge on any atom is 0.324 e. The van der Waals surface area contributed by atoms with Crippen LogP contribution in [0.15, 0.2) is 24.3 Å². The highest BCUT2D eigenvalue weighted by Gasteiger charge is 2.28. The van der Waals surface area contributed by atoms with Crippen LogP contribution in [-0.4, -0.2) is 41.7 Å². The summed E-state index contributed by atoms with van der Waals surface area (Å²) in [4.78, 5) is 20.7. The molecule has 0 aliphatic heterocycles. The van der Waals surface area contributed by atoms with Gasteiger partial charge in [0.1, 0.15) is 6.04 Å². The van der Waals surface area contributed by atoms with Crippen LogP contribution in [0.3, 0.4) is 0 Å². The topological polar surface area (TPSA) is 147 Å². The van der Waals surface area contributed by atoms with Gasteiger partial charge in [-0.3, -0.25) is 14.9 Å². The van der Waals surface area contributed by atoms with Crippen molar-refractivity contribution in [3.05, 3.63) is 39.9 Å². The van der Waals surface area contributed by atoms with Crippen molar-refractivity contribution in [3.63, 3.8) is 0 Å². The standard InChI is InChI=1S/C11H14N2O7S/c1-7(14)10(11(15)16)12-21(19,20)6-8-2-4-9(5-3-8)13(17)18/h2-5,7,10,12,14H,6H2,1H3,(H,15,16). The number of hydrogen-bond donors (Lipinski definition) is 3. The number of aliphatic carboxylic acids is 1. The van der Waals surface area contributed by atoms with Crippen LogP contribution in [-0.2, 0) is 20.6 Å². The summed E-state index contributed by atoms with van der Waals surface area (Å²) in [5.74, 6) is -2.06. The van der Waals surface area contributed by atoms with Crippen molar-refractivity contribution in [2.24, 2.45) is 0 Å². The third-order valence-corrected chi connectivity index (χ3v) is 3.89. The fourth-order valence-corrected chi connectivity index (χ4v) is 2.92. The first-order valence-corrected chi connectivity index (χ1v) is 7.42. The molecule has 0 fully saturated rings. The van der Waals surface area contributed by atoms with Gasteiger partial charge < -0.3 is 10.2 Å². The fourth-order valence-electron chi connectivity index (χ4n) is 1.52. The number of aliphatic hydroxyl groups is 1. The van der Waals surface area contributed by atoms with E-state index in [0.717, 1.165) is 19.1 Å². The largest absolute Gasteiger partial charge is 0.480 e. The lowest BCUT2D eigenvalue weighted by Crippen LogP contribution is -2.47. The van der Waals surface area contributed by atoms with E-state index in [4.69, 9.17) is 5.11 Å². The third-order valence-electron chi connectivity index (χ3n) is 2.56. The highest BCUT2D eigenvalue weighted by Crippen LogP contribution is 2.14. The van der Waals surface area contributed by atoms with Crippen molar-refractivity contribution in [1.29, 1.82) is 0 Å². The van der Waals surface area contributed by atoms with Crippen LogP contribution in [0.4, 0.5) is 5.69 Å². The molecule has 2 atom stereocenters. The van der Waals surface area contributed by atoms with Crippen molar-refractivity contribution in [2.45, 2.75) is 24.8 Å². The van der Waals surface area contributed by atoms with E-state index in [1.807, 2.05) is 4.72 Å². The summed E-state index contributed by atoms with van der Waals surface area (Å²) in [5, 5.41) is 28.5. The molecule has 2 unspecified atom stereocenters. The maximum absolute atomic E-state index is 11.8. The molecule has 0 saturated heterocycles. The van der Waals surface area contributed by atoms with E-state index in [-0.39, 0.29) is 11.3 Å². The van der Waals surface area contributed by atoms with Gasteiger partial charge in [-0.15, -0.1) is 0 Å². The lowest BCUT2D eigenvalue weighted by Gasteiger charge is -2.17. The van der Waals surface area contributed by atoms with Gasteiger partial charge in [0, 0.05) is 12.1 Å². The summed E-state index contributed by atoms with van der Waals surface area (Å²) in [6.07, 6.45) is -1.41. The number of carbonyl (C=O) groups is 1. The number of benzene rings is 1. The van der Waals surface area contributed by atoms with Gasteiger partial charge in [0.2, 0.25) is 10.0 Å². The highest BCUT2D eigenvalue weighted by molar-refractivity contribution is 7.88. The number of hydrogen-bond acceptors (Lipinski definition) is 6. The zero-order valence-corrected chi connectivity index (χ0v) is 11.8. The number of sulfonamides is 1. The summed E-state index contributed by atoms with van der Waals surface area (Å²) >= 11 is 0. The van der Waals surface area contributed by atoms with E-state index < -0.39 is 38.8 Å². The summed E-state index contributed by atoms with van der Waals surface area (Å²) < 4.78 is 25.5. The van der Waals surface area contributed by atoms with Crippen LogP contribution < -0.4 is 4.72 Å². The predicted octanol–water partition coefficient (Wildman–Crippen LogP) is -0.152. The molecule has 1 rings (SSSR count). The number of carboxylic acid groups (broad SMARTS) is 1. The number of non-ortho nitro benzene ring substituents is 1. The minimum Gasteiger partial charge on any atom is -0.480 e. The van der Waals surface area contributed by atoms with E-state index in [2.05, 4.69) is 0 Å². The quantitative estimate of drug-likeness (QED) is 0.467. The molecule has 1 aromatic rings. The third kappa shape index (κ3) is 5.10. The number of rotatable bonds is 7. The Morgan fingerprint density at radius 1 is 1.38 bits per heavy atom. The lowest BCUT2D eigenvalue weighted by atomic mass is 10.2. The highest BCUT2D eigenvalue weighted by atomic mass is 32.2. The summed E-state index contributed by atoms with van der Waals surface area (Å²) in [6, 6.07) is 3.15. The molecule has 116 valence electrons. The number of carboxylic acids is 1. The minimum absolute atomic E-state index is 0.184. The molecule has 0 bridgehead atoms. The Hall–Kier alpha value is -2.04. The zero-order valence-electron chi connectivity index (χ0n) is 11.0. The normalized spacial score (nSPS) is 14.4. The van der Waals surface area contributed by atoms with Crippen LogP contribution in [0.5, 0.6) is 0 Å². The van der Waals surface area contributed by atoms with Gasteiger partial charge in [-0.2, -0.15) is 4.72 Å². The van der Waals surface area contributed by atoms with Crippen molar-refractivity contribution < 1.29 is 28.3 Å². The van der Waals surface area contributed by atoms with Crippen molar-refractivity contribution in [2.75, 3.05) is 0 Å². The Labute approximate surface area is 120 Å². The SMILES string of the molecule is CC(O)C(NS(=O)(=O)Cc1ccc([N+](=O)[O-])cc1)C(=O)O. The second kappa shape index (κ2) is 6.61. The van der Waals surface area contributed by atoms with Crippen molar-refractivity contribution >= 4 is 21.7 Å². The molecule has 10 heteroatoms. The Morgan fingerprint density at radius 3 is 2.29 bits per heavy atom. The van der Waals surface area contributed by atoms with Crippen LogP contribution >= 0.6 is 0 Å². The Kier molecular flexibility index (Phi) is 5.35. The zero-order chi connectivity index (χ0) is 16.2. The molecule has 1 aromatic carbocycles. The molecule has 0 aliphatic rings. The predicted molar refractivity (Wildman–Crippen MR) is 72.0 cm³/mol. The van der Waals surface area contributed by atoms with Crippen LogP contribution in [0, 0.1) is 10.1 Å². The van der Waals surface area contributed by atoms with Gasteiger partial charge in [0.15, 0.2) is 0 Å². The average molecular weight is 318 g/mol. The monoisotopic (exact) mass is 318 g/mol. The second-order valence-corrected chi connectivity index (χ2v) is 6.11. The first-order chi connectivity index (χ1) is 9.62. The van der Waals surface area contributed by atoms with Gasteiger partial charge >= 0.3 is 5.97 Å². The average Bonchev–Trinajstić information content (AvgIpc) is 2.35. The van der Waals surface area contributed by atoms with Crippen LogP contribution in [0.2, 0.25) is 0 Å². The fraction of sp³-hybridized carbons (Fsp3) is 0.364. The van der Waals surface area contributed by atoms with Crippen molar-refractivity contribution in [3.8, 4) is 0 Å². The Morgan fingerprint density at radius 2 is 1.90 bits per heavy atom. The molecule has 3 N–H and O–H groups in total. The number of nitro benzene ring substituents is 1. The van der Waals surface area contributed by atoms with E-state index in [0.29, 0.717) is 0 Å². The minimum atomic E-state index is -4.02. The van der Waals surface area contributed by atoms with Gasteiger partial charge in [-0.1, -0.05) is 12.1 Å². The van der Waals surface area contributed by atoms with E-state index in [1.165, 1.54) is 12.1 Å². The molecule has 21 heavy (non-hydrogen) atoms. The van der Waals surface area contributed by atoms with E-state index in [9.17, 15) is 28.4 Å². The van der Waals surface area contributed by atoms with E-state index >= 15 is 0 Å². The lowest BCUT2D eigenvalue weighted by molar-refractivity contribution is -0.384. The molecule has 0 saturated carbocycles. The van der Waals surface area contributed by atoms with Gasteiger partial charge in [-0.05, 0) is 12.5 Å². The maximum atomic E-state index is 11.8. The summed E-state index contributed by atoms with van der Waals surface area (Å²) in [7, 11) is -4.02. The molecule has 0 aliphatic carbocycles. The molecule has 0 aromatic heterocycles. The molecule has 0 radical (unpaired) electrons. The molecule has 0 spiro atoms. The number of aliphatic hydroxyl groups excluding tert-OH is 1. The number of nitro groups is 1. The second-order valence-electron chi connectivity index (χ2n) is 4.36. The van der Waals surface area contributed by atoms with Crippen molar-refractivity contribution in [1.82, 2.24) is 4.72 Å². The van der Waals surface area contributed by atoms with E-state index in [1.54, 1.807) is 0 Å². The first-order valence-electron chi connectivity index (χ1n) is 5.76. The van der Waals surface area contributed by atoms with Crippen LogP contribution in [0.25, 0.3) is 0 Å². The Bertz CT molecular complexity index is 624. The van der Waals surface area contributed by atoms with Crippen LogP contribution in [0.1, 0.15) is 12.5 Å². The number of nitrogens with one attached hydrogen (secondary N) is 1. The van der Waals surface area contributed by atoms with Gasteiger partial charge in [0.05, 0.1) is 16.8 Å². The molecule has 9 nitrogen and oxygen atoms in total. The molecular formula is C11H14N2O7S. The Balaban J connectivity index is 2.85. The first kappa shape index (κ1) is 17.0. The number of nitrogens with zero attached hydrogens (tertiary/aromatic N) is 1. The molecular weight excluding hydrogens is 304 g/mol. The molecule has 0 amide bonds. The summed E-state index contributed by atoms with van der Waals surface area (Å²) in [6.45, 7) is 1.15. The van der Waals surface area contributed by atoms with Gasteiger partial charge in [-0.25, -0.2) is 8.42 Å². The smallest absolute Gasteiger partial charge is 0.324 e. The van der Waals surface area contributed by atoms with Gasteiger partial charge in [0.25, 0.3) is 5.69 Å². The molecule has 0 heterocycles.